The lowest BCUT2D eigenvalue weighted by molar-refractivity contribution is 0.300. The van der Waals surface area contributed by atoms with Gasteiger partial charge in [0.15, 0.2) is 11.4 Å². The molecule has 1 N–H and O–H groups in total. The Balaban J connectivity index is 0.00000253. The van der Waals surface area contributed by atoms with Crippen LogP contribution in [-0.4, -0.2) is 30.6 Å². The molecule has 6 rings (SSSR count). The first-order valence-electron chi connectivity index (χ1n) is 11.7. The minimum atomic E-state index is 0. The summed E-state index contributed by atoms with van der Waals surface area (Å²) in [4.78, 5) is 9.58. The Kier molecular flexibility index (Phi) is 6.46. The number of fused-ring (bicyclic) bond motifs is 2. The van der Waals surface area contributed by atoms with Crippen LogP contribution < -0.4 is 4.74 Å². The van der Waals surface area contributed by atoms with Crippen molar-refractivity contribution in [3.8, 4) is 28.6 Å². The summed E-state index contributed by atoms with van der Waals surface area (Å²) in [5, 5.41) is 14.2. The van der Waals surface area contributed by atoms with Crippen LogP contribution in [0.25, 0.3) is 33.9 Å². The summed E-state index contributed by atoms with van der Waals surface area (Å²) in [6, 6.07) is 15.9. The number of nitrogens with one attached hydrogen (secondary N) is 1. The normalized spacial score (nSPS) is 12.8. The molecule has 5 aromatic rings. The fraction of sp³-hybridized carbons (Fsp3) is 0.269. The van der Waals surface area contributed by atoms with Crippen molar-refractivity contribution in [1.82, 2.24) is 30.6 Å². The predicted octanol–water partition coefficient (Wildman–Crippen LogP) is 5.51. The number of benzene rings is 2. The molecule has 0 saturated heterocycles. The zero-order valence-electron chi connectivity index (χ0n) is 19.3. The van der Waals surface area contributed by atoms with Crippen molar-refractivity contribution in [3.63, 3.8) is 0 Å². The van der Waals surface area contributed by atoms with Crippen LogP contribution in [0.2, 0.25) is 0 Å². The second-order valence-corrected chi connectivity index (χ2v) is 8.50. The van der Waals surface area contributed by atoms with E-state index >= 15 is 0 Å². The number of aryl methyl sites for hydroxylation is 2. The van der Waals surface area contributed by atoms with Gasteiger partial charge in [-0.15, -0.1) is 17.5 Å². The highest BCUT2D eigenvalue weighted by Gasteiger charge is 2.18. The monoisotopic (exact) mass is 488 g/mol. The van der Waals surface area contributed by atoms with Crippen molar-refractivity contribution in [3.05, 3.63) is 71.0 Å². The van der Waals surface area contributed by atoms with Crippen LogP contribution in [0.4, 0.5) is 0 Å². The van der Waals surface area contributed by atoms with Gasteiger partial charge >= 0.3 is 0 Å². The van der Waals surface area contributed by atoms with Crippen molar-refractivity contribution in [2.24, 2.45) is 0 Å². The number of aromatic nitrogens is 6. The summed E-state index contributed by atoms with van der Waals surface area (Å²) in [5.41, 5.74) is 7.77. The molecule has 8 nitrogen and oxygen atoms in total. The van der Waals surface area contributed by atoms with E-state index in [4.69, 9.17) is 19.1 Å². The molecule has 9 heteroatoms. The first kappa shape index (κ1) is 23.0. The van der Waals surface area contributed by atoms with Gasteiger partial charge in [0.2, 0.25) is 5.89 Å². The van der Waals surface area contributed by atoms with E-state index in [1.165, 1.54) is 24.1 Å². The summed E-state index contributed by atoms with van der Waals surface area (Å²) in [6.07, 6.45) is 5.37. The topological polar surface area (TPSA) is 103 Å². The van der Waals surface area contributed by atoms with Gasteiger partial charge < -0.3 is 9.15 Å². The molecular formula is C26H25ClN6O2. The van der Waals surface area contributed by atoms with Gasteiger partial charge in [-0.3, -0.25) is 4.98 Å². The van der Waals surface area contributed by atoms with Crippen molar-refractivity contribution < 1.29 is 9.15 Å². The third kappa shape index (κ3) is 4.49. The molecule has 0 spiro atoms. The molecule has 3 heterocycles. The molecule has 35 heavy (non-hydrogen) atoms. The summed E-state index contributed by atoms with van der Waals surface area (Å²) >= 11 is 0. The molecule has 0 fully saturated rings. The quantitative estimate of drug-likeness (QED) is 0.336. The number of hydrogen-bond acceptors (Lipinski definition) is 7. The second-order valence-electron chi connectivity index (χ2n) is 8.50. The number of ether oxygens (including phenoxy) is 1. The van der Waals surface area contributed by atoms with E-state index in [9.17, 15) is 0 Å². The Labute approximate surface area is 208 Å². The molecule has 0 saturated carbocycles. The predicted molar refractivity (Wildman–Crippen MR) is 134 cm³/mol. The van der Waals surface area contributed by atoms with E-state index in [0.29, 0.717) is 18.3 Å². The van der Waals surface area contributed by atoms with Gasteiger partial charge in [-0.2, -0.15) is 0 Å². The molecule has 0 amide bonds. The van der Waals surface area contributed by atoms with Crippen molar-refractivity contribution >= 4 is 23.5 Å². The van der Waals surface area contributed by atoms with Crippen LogP contribution in [0, 0.1) is 0 Å². The second kappa shape index (κ2) is 9.84. The molecule has 3 aromatic heterocycles. The number of H-pyrrole nitrogens is 1. The number of nitrogens with zero attached hydrogens (tertiary/aromatic N) is 5. The Morgan fingerprint density at radius 2 is 1.86 bits per heavy atom. The minimum absolute atomic E-state index is 0. The van der Waals surface area contributed by atoms with Crippen LogP contribution in [0.1, 0.15) is 42.3 Å². The Bertz CT molecular complexity index is 1460. The fourth-order valence-corrected chi connectivity index (χ4v) is 4.52. The Morgan fingerprint density at radius 3 is 2.69 bits per heavy atom. The van der Waals surface area contributed by atoms with Gasteiger partial charge in [0.05, 0.1) is 0 Å². The van der Waals surface area contributed by atoms with Crippen molar-refractivity contribution in [2.45, 2.75) is 45.6 Å². The summed E-state index contributed by atoms with van der Waals surface area (Å²) in [7, 11) is 0. The maximum Gasteiger partial charge on any atom is 0.228 e. The van der Waals surface area contributed by atoms with E-state index < -0.39 is 0 Å². The standard InChI is InChI=1S/C26H24N6O2.ClH/c1-2-17-14-24(20-9-5-6-10-21(20)27-17)33-15-16-11-12-23-22(13-16)28-26(34-23)19-8-4-3-7-18(19)25-29-31-32-30-25;/h3-4,7-8,11-14H,2,5-6,9-10,15H2,1H3,(H,29,30,31,32);1H. The van der Waals surface area contributed by atoms with Crippen LogP contribution in [-0.2, 0) is 25.9 Å². The zero-order valence-corrected chi connectivity index (χ0v) is 20.1. The highest BCUT2D eigenvalue weighted by atomic mass is 35.5. The van der Waals surface area contributed by atoms with Crippen LogP contribution >= 0.6 is 12.4 Å². The number of rotatable bonds is 6. The summed E-state index contributed by atoms with van der Waals surface area (Å²) < 4.78 is 12.4. The maximum absolute atomic E-state index is 6.32. The molecule has 0 bridgehead atoms. The molecule has 0 radical (unpaired) electrons. The molecule has 0 aliphatic heterocycles. The summed E-state index contributed by atoms with van der Waals surface area (Å²) in [6.45, 7) is 2.60. The number of hydrogen-bond donors (Lipinski definition) is 1. The van der Waals surface area contributed by atoms with Crippen molar-refractivity contribution in [1.29, 1.82) is 0 Å². The third-order valence-electron chi connectivity index (χ3n) is 6.28. The van der Waals surface area contributed by atoms with Crippen LogP contribution in [0.5, 0.6) is 5.75 Å². The Morgan fingerprint density at radius 1 is 1.00 bits per heavy atom. The molecular weight excluding hydrogens is 464 g/mol. The number of aromatic amines is 1. The fourth-order valence-electron chi connectivity index (χ4n) is 4.52. The van der Waals surface area contributed by atoms with E-state index in [2.05, 4.69) is 33.6 Å². The molecule has 0 unspecified atom stereocenters. The molecule has 178 valence electrons. The lowest BCUT2D eigenvalue weighted by atomic mass is 9.94. The third-order valence-corrected chi connectivity index (χ3v) is 6.28. The largest absolute Gasteiger partial charge is 0.488 e. The molecule has 1 aliphatic rings. The lowest BCUT2D eigenvalue weighted by Crippen LogP contribution is -2.10. The molecule has 1 aliphatic carbocycles. The van der Waals surface area contributed by atoms with E-state index in [1.807, 2.05) is 42.5 Å². The SMILES string of the molecule is CCc1cc(OCc2ccc3oc(-c4ccccc4-c4nnn[nH]4)nc3c2)c2c(n1)CCCC2.Cl. The van der Waals surface area contributed by atoms with E-state index in [-0.39, 0.29) is 12.4 Å². The van der Waals surface area contributed by atoms with Gasteiger partial charge in [-0.1, -0.05) is 31.2 Å². The molecule has 2 aromatic carbocycles. The van der Waals surface area contributed by atoms with E-state index in [0.717, 1.165) is 58.5 Å². The van der Waals surface area contributed by atoms with Gasteiger partial charge in [0, 0.05) is 34.1 Å². The first-order valence-corrected chi connectivity index (χ1v) is 11.7. The highest BCUT2D eigenvalue weighted by Crippen LogP contribution is 2.33. The average molecular weight is 489 g/mol. The van der Waals surface area contributed by atoms with Crippen LogP contribution in [0.3, 0.4) is 0 Å². The van der Waals surface area contributed by atoms with Gasteiger partial charge in [0.25, 0.3) is 0 Å². The molecule has 0 atom stereocenters. The maximum atomic E-state index is 6.32. The van der Waals surface area contributed by atoms with Gasteiger partial charge in [-0.05, 0) is 66.3 Å². The lowest BCUT2D eigenvalue weighted by Gasteiger charge is -2.20. The average Bonchev–Trinajstić information content (AvgIpc) is 3.57. The Hall–Kier alpha value is -3.78. The smallest absolute Gasteiger partial charge is 0.228 e. The summed E-state index contributed by atoms with van der Waals surface area (Å²) in [5.74, 6) is 2.06. The number of oxazole rings is 1. The first-order chi connectivity index (χ1) is 16.8. The van der Waals surface area contributed by atoms with Crippen molar-refractivity contribution in [2.75, 3.05) is 0 Å². The van der Waals surface area contributed by atoms with Gasteiger partial charge in [-0.25, -0.2) is 10.1 Å². The highest BCUT2D eigenvalue weighted by molar-refractivity contribution is 5.85. The van der Waals surface area contributed by atoms with Gasteiger partial charge in [0.1, 0.15) is 17.9 Å². The zero-order chi connectivity index (χ0) is 22.9. The minimum Gasteiger partial charge on any atom is -0.488 e. The number of pyridine rings is 1. The van der Waals surface area contributed by atoms with E-state index in [1.54, 1.807) is 0 Å². The van der Waals surface area contributed by atoms with Crippen LogP contribution in [0.15, 0.2) is 52.9 Å². The number of halogens is 1. The number of tetrazole rings is 1.